The fourth-order valence-corrected chi connectivity index (χ4v) is 2.20. The zero-order valence-electron chi connectivity index (χ0n) is 10.9. The second kappa shape index (κ2) is 6.90. The molecule has 108 valence electrons. The topological polar surface area (TPSA) is 78.4 Å². The van der Waals surface area contributed by atoms with Gasteiger partial charge in [0.05, 0.1) is 0 Å². The van der Waals surface area contributed by atoms with Crippen molar-refractivity contribution in [3.8, 4) is 0 Å². The number of carbonyl (C=O) groups is 2. The number of anilines is 1. The number of aliphatic carboxylic acids is 1. The second-order valence-electron chi connectivity index (χ2n) is 4.29. The molecule has 2 aromatic rings. The van der Waals surface area contributed by atoms with E-state index in [0.717, 1.165) is 4.47 Å². The molecular formula is C15H13BrN2O3. The zero-order chi connectivity index (χ0) is 15.2. The van der Waals surface area contributed by atoms with Gasteiger partial charge in [-0.1, -0.05) is 52.3 Å². The molecule has 1 unspecified atom stereocenters. The van der Waals surface area contributed by atoms with Gasteiger partial charge >= 0.3 is 12.0 Å². The van der Waals surface area contributed by atoms with Crippen LogP contribution in [0.4, 0.5) is 10.5 Å². The van der Waals surface area contributed by atoms with Crippen LogP contribution >= 0.6 is 15.9 Å². The Labute approximate surface area is 130 Å². The molecule has 0 aliphatic rings. The maximum atomic E-state index is 11.9. The van der Waals surface area contributed by atoms with Crippen LogP contribution in [0.15, 0.2) is 59.1 Å². The predicted molar refractivity (Wildman–Crippen MR) is 83.1 cm³/mol. The number of hydrogen-bond donors (Lipinski definition) is 3. The molecule has 1 atom stereocenters. The molecule has 6 heteroatoms. The van der Waals surface area contributed by atoms with Gasteiger partial charge in [0.1, 0.15) is 0 Å². The van der Waals surface area contributed by atoms with Crippen molar-refractivity contribution in [3.63, 3.8) is 0 Å². The quantitative estimate of drug-likeness (QED) is 0.792. The molecule has 0 spiro atoms. The highest BCUT2D eigenvalue weighted by molar-refractivity contribution is 9.10. The van der Waals surface area contributed by atoms with Gasteiger partial charge in [0.25, 0.3) is 0 Å². The first-order valence-electron chi connectivity index (χ1n) is 6.17. The fraction of sp³-hybridized carbons (Fsp3) is 0.0667. The summed E-state index contributed by atoms with van der Waals surface area (Å²) >= 11 is 3.30. The number of benzene rings is 2. The van der Waals surface area contributed by atoms with E-state index < -0.39 is 18.0 Å². The van der Waals surface area contributed by atoms with E-state index >= 15 is 0 Å². The molecule has 0 radical (unpaired) electrons. The molecule has 21 heavy (non-hydrogen) atoms. The van der Waals surface area contributed by atoms with Gasteiger partial charge in [0, 0.05) is 10.2 Å². The summed E-state index contributed by atoms with van der Waals surface area (Å²) in [6, 6.07) is 13.9. The zero-order valence-corrected chi connectivity index (χ0v) is 12.5. The van der Waals surface area contributed by atoms with Crippen LogP contribution < -0.4 is 10.6 Å². The first-order chi connectivity index (χ1) is 10.1. The number of nitrogens with one attached hydrogen (secondary N) is 2. The molecule has 5 nitrogen and oxygen atoms in total. The fourth-order valence-electron chi connectivity index (χ4n) is 1.80. The molecule has 3 N–H and O–H groups in total. The molecular weight excluding hydrogens is 336 g/mol. The van der Waals surface area contributed by atoms with E-state index in [-0.39, 0.29) is 0 Å². The van der Waals surface area contributed by atoms with Crippen LogP contribution in [0, 0.1) is 0 Å². The first-order valence-corrected chi connectivity index (χ1v) is 6.96. The third-order valence-corrected chi connectivity index (χ3v) is 3.23. The normalized spacial score (nSPS) is 11.5. The van der Waals surface area contributed by atoms with Crippen molar-refractivity contribution in [2.75, 3.05) is 5.32 Å². The molecule has 2 amide bonds. The van der Waals surface area contributed by atoms with E-state index in [1.165, 1.54) is 0 Å². The van der Waals surface area contributed by atoms with Gasteiger partial charge in [-0.15, -0.1) is 0 Å². The second-order valence-corrected chi connectivity index (χ2v) is 5.21. The minimum absolute atomic E-state index is 0.509. The number of rotatable bonds is 4. The van der Waals surface area contributed by atoms with Crippen LogP contribution in [-0.4, -0.2) is 17.1 Å². The minimum Gasteiger partial charge on any atom is -0.479 e. The van der Waals surface area contributed by atoms with E-state index in [9.17, 15) is 14.7 Å². The van der Waals surface area contributed by atoms with Crippen LogP contribution in [0.1, 0.15) is 11.6 Å². The monoisotopic (exact) mass is 348 g/mol. The maximum Gasteiger partial charge on any atom is 0.330 e. The van der Waals surface area contributed by atoms with E-state index in [0.29, 0.717) is 11.3 Å². The van der Waals surface area contributed by atoms with Crippen LogP contribution in [0.2, 0.25) is 0 Å². The average molecular weight is 349 g/mol. The predicted octanol–water partition coefficient (Wildman–Crippen LogP) is 3.40. The maximum absolute atomic E-state index is 11.9. The van der Waals surface area contributed by atoms with Gasteiger partial charge in [-0.25, -0.2) is 9.59 Å². The lowest BCUT2D eigenvalue weighted by Crippen LogP contribution is -2.36. The number of carboxylic acid groups (broad SMARTS) is 1. The molecule has 2 aromatic carbocycles. The summed E-state index contributed by atoms with van der Waals surface area (Å²) in [4.78, 5) is 23.2. The lowest BCUT2D eigenvalue weighted by atomic mass is 10.1. The minimum atomic E-state index is -1.12. The highest BCUT2D eigenvalue weighted by atomic mass is 79.9. The summed E-state index contributed by atoms with van der Waals surface area (Å²) in [5.41, 5.74) is 1.08. The van der Waals surface area contributed by atoms with E-state index in [1.807, 2.05) is 6.07 Å². The van der Waals surface area contributed by atoms with E-state index in [1.54, 1.807) is 48.5 Å². The SMILES string of the molecule is O=C(Nc1cccc(Br)c1)NC(C(=O)O)c1ccccc1. The smallest absolute Gasteiger partial charge is 0.330 e. The molecule has 0 saturated heterocycles. The van der Waals surface area contributed by atoms with Gasteiger partial charge in [-0.05, 0) is 23.8 Å². The van der Waals surface area contributed by atoms with Gasteiger partial charge < -0.3 is 15.7 Å². The Bertz CT molecular complexity index is 646. The van der Waals surface area contributed by atoms with Crippen molar-refractivity contribution >= 4 is 33.6 Å². The van der Waals surface area contributed by atoms with Crippen molar-refractivity contribution in [1.29, 1.82) is 0 Å². The third kappa shape index (κ3) is 4.32. The van der Waals surface area contributed by atoms with Crippen LogP contribution in [0.3, 0.4) is 0 Å². The lowest BCUT2D eigenvalue weighted by Gasteiger charge is -2.15. The van der Waals surface area contributed by atoms with Crippen molar-refractivity contribution in [1.82, 2.24) is 5.32 Å². The Morgan fingerprint density at radius 1 is 1.05 bits per heavy atom. The Balaban J connectivity index is 2.07. The Morgan fingerprint density at radius 3 is 2.38 bits per heavy atom. The molecule has 0 bridgehead atoms. The average Bonchev–Trinajstić information content (AvgIpc) is 2.45. The third-order valence-electron chi connectivity index (χ3n) is 2.74. The number of amides is 2. The van der Waals surface area contributed by atoms with Crippen LogP contribution in [-0.2, 0) is 4.79 Å². The van der Waals surface area contributed by atoms with Gasteiger partial charge in [-0.2, -0.15) is 0 Å². The van der Waals surface area contributed by atoms with Crippen molar-refractivity contribution < 1.29 is 14.7 Å². The van der Waals surface area contributed by atoms with E-state index in [2.05, 4.69) is 26.6 Å². The number of halogens is 1. The summed E-state index contributed by atoms with van der Waals surface area (Å²) in [6.07, 6.45) is 0. The summed E-state index contributed by atoms with van der Waals surface area (Å²) in [5.74, 6) is -1.12. The first kappa shape index (κ1) is 15.1. The van der Waals surface area contributed by atoms with Crippen molar-refractivity contribution in [3.05, 3.63) is 64.6 Å². The lowest BCUT2D eigenvalue weighted by molar-refractivity contribution is -0.139. The van der Waals surface area contributed by atoms with Crippen molar-refractivity contribution in [2.24, 2.45) is 0 Å². The molecule has 0 aromatic heterocycles. The molecule has 0 heterocycles. The van der Waals surface area contributed by atoms with Crippen molar-refractivity contribution in [2.45, 2.75) is 6.04 Å². The molecule has 0 aliphatic heterocycles. The largest absolute Gasteiger partial charge is 0.479 e. The van der Waals surface area contributed by atoms with Gasteiger partial charge in [0.15, 0.2) is 6.04 Å². The number of carbonyl (C=O) groups excluding carboxylic acids is 1. The molecule has 2 rings (SSSR count). The van der Waals surface area contributed by atoms with Crippen LogP contribution in [0.5, 0.6) is 0 Å². The molecule has 0 saturated carbocycles. The summed E-state index contributed by atoms with van der Waals surface area (Å²) < 4.78 is 0.818. The summed E-state index contributed by atoms with van der Waals surface area (Å²) in [5, 5.41) is 14.3. The van der Waals surface area contributed by atoms with E-state index in [4.69, 9.17) is 0 Å². The standard InChI is InChI=1S/C15H13BrN2O3/c16-11-7-4-8-12(9-11)17-15(21)18-13(14(19)20)10-5-2-1-3-6-10/h1-9,13H,(H,19,20)(H2,17,18,21). The number of hydrogen-bond acceptors (Lipinski definition) is 2. The Hall–Kier alpha value is -2.34. The molecule has 0 aliphatic carbocycles. The molecule has 0 fully saturated rings. The summed E-state index contributed by atoms with van der Waals surface area (Å²) in [7, 11) is 0. The van der Waals surface area contributed by atoms with Gasteiger partial charge in [0.2, 0.25) is 0 Å². The highest BCUT2D eigenvalue weighted by Gasteiger charge is 2.21. The van der Waals surface area contributed by atoms with Crippen LogP contribution in [0.25, 0.3) is 0 Å². The number of urea groups is 1. The Morgan fingerprint density at radius 2 is 1.76 bits per heavy atom. The Kier molecular flexibility index (Phi) is 4.94. The van der Waals surface area contributed by atoms with Gasteiger partial charge in [-0.3, -0.25) is 0 Å². The summed E-state index contributed by atoms with van der Waals surface area (Å²) in [6.45, 7) is 0. The number of carboxylic acids is 1. The highest BCUT2D eigenvalue weighted by Crippen LogP contribution is 2.16.